The number of aryl methyl sites for hydroxylation is 2. The van der Waals surface area contributed by atoms with E-state index in [4.69, 9.17) is 16.3 Å². The number of nitrogens with one attached hydrogen (secondary N) is 1. The van der Waals surface area contributed by atoms with Crippen LogP contribution in [0, 0.1) is 6.92 Å². The zero-order chi connectivity index (χ0) is 30.1. The van der Waals surface area contributed by atoms with Crippen LogP contribution in [0.5, 0.6) is 0 Å². The normalized spacial score (nSPS) is 12.8. The molecule has 1 amide bonds. The monoisotopic (exact) mass is 606 g/mol. The van der Waals surface area contributed by atoms with E-state index in [0.717, 1.165) is 28.6 Å². The molecule has 1 N–H and O–H groups in total. The predicted octanol–water partition coefficient (Wildman–Crippen LogP) is 6.17. The summed E-state index contributed by atoms with van der Waals surface area (Å²) in [6, 6.07) is 14.9. The number of alkyl halides is 3. The van der Waals surface area contributed by atoms with Gasteiger partial charge in [0.2, 0.25) is 0 Å². The van der Waals surface area contributed by atoms with Crippen molar-refractivity contribution in [3.05, 3.63) is 99.7 Å². The maximum atomic E-state index is 13.0. The molecule has 4 rings (SSSR count). The highest BCUT2D eigenvalue weighted by atomic mass is 35.5. The first kappa shape index (κ1) is 30.1. The van der Waals surface area contributed by atoms with Crippen molar-refractivity contribution in [2.75, 3.05) is 5.75 Å². The number of benzene rings is 3. The summed E-state index contributed by atoms with van der Waals surface area (Å²) in [5.74, 6) is -2.43. The number of sulfone groups is 1. The summed E-state index contributed by atoms with van der Waals surface area (Å²) in [6.07, 6.45) is -4.56. The Morgan fingerprint density at radius 3 is 2.39 bits per heavy atom. The lowest BCUT2D eigenvalue weighted by molar-refractivity contribution is -0.141. The van der Waals surface area contributed by atoms with Crippen molar-refractivity contribution < 1.29 is 35.9 Å². The third-order valence-corrected chi connectivity index (χ3v) is 8.46. The predicted molar refractivity (Wildman–Crippen MR) is 148 cm³/mol. The number of ether oxygens (including phenoxy) is 1. The van der Waals surface area contributed by atoms with Crippen LogP contribution in [0.25, 0.3) is 10.9 Å². The quantitative estimate of drug-likeness (QED) is 0.242. The van der Waals surface area contributed by atoms with E-state index in [0.29, 0.717) is 16.3 Å². The highest BCUT2D eigenvalue weighted by Gasteiger charge is 2.30. The van der Waals surface area contributed by atoms with Crippen molar-refractivity contribution in [2.45, 2.75) is 37.6 Å². The number of carbonyl (C=O) groups is 2. The Hall–Kier alpha value is -3.83. The van der Waals surface area contributed by atoms with Crippen molar-refractivity contribution in [2.24, 2.45) is 7.05 Å². The molecule has 41 heavy (non-hydrogen) atoms. The first-order valence-corrected chi connectivity index (χ1v) is 14.4. The molecule has 0 aliphatic rings. The number of rotatable bonds is 8. The Labute approximate surface area is 239 Å². The van der Waals surface area contributed by atoms with Crippen molar-refractivity contribution in [1.29, 1.82) is 0 Å². The Balaban J connectivity index is 1.38. The van der Waals surface area contributed by atoms with Crippen LogP contribution in [-0.2, 0) is 39.2 Å². The first-order chi connectivity index (χ1) is 19.2. The molecule has 0 fully saturated rings. The lowest BCUT2D eigenvalue weighted by Crippen LogP contribution is -2.28. The van der Waals surface area contributed by atoms with E-state index in [9.17, 15) is 31.2 Å². The smallest absolute Gasteiger partial charge is 0.416 e. The van der Waals surface area contributed by atoms with E-state index in [2.05, 4.69) is 5.32 Å². The SMILES string of the molecule is Cc1cc(Cl)c2cc(C(=O)NC(C)c3ccc(S(=O)(=O)CC(=O)OCc4cccc(C(F)(F)F)c4)cc3)n(C)c2c1. The number of hydrogen-bond acceptors (Lipinski definition) is 5. The van der Waals surface area contributed by atoms with Crippen LogP contribution in [0.1, 0.15) is 45.7 Å². The molecular formula is C29H26ClF3N2O5S. The van der Waals surface area contributed by atoms with E-state index in [1.807, 2.05) is 19.1 Å². The lowest BCUT2D eigenvalue weighted by atomic mass is 10.1. The van der Waals surface area contributed by atoms with E-state index >= 15 is 0 Å². The van der Waals surface area contributed by atoms with Crippen LogP contribution < -0.4 is 5.32 Å². The molecule has 1 atom stereocenters. The van der Waals surface area contributed by atoms with E-state index in [1.165, 1.54) is 36.4 Å². The average molecular weight is 607 g/mol. The van der Waals surface area contributed by atoms with E-state index in [-0.39, 0.29) is 16.4 Å². The van der Waals surface area contributed by atoms with Crippen LogP contribution in [0.3, 0.4) is 0 Å². The number of carbonyl (C=O) groups excluding carboxylic acids is 2. The van der Waals surface area contributed by atoms with Gasteiger partial charge in [0.15, 0.2) is 15.6 Å². The zero-order valence-electron chi connectivity index (χ0n) is 22.3. The minimum absolute atomic E-state index is 0.0765. The fraction of sp³-hybridized carbons (Fsp3) is 0.241. The number of nitrogens with zero attached hydrogens (tertiary/aromatic N) is 1. The topological polar surface area (TPSA) is 94.5 Å². The van der Waals surface area contributed by atoms with Crippen LogP contribution in [0.2, 0.25) is 5.02 Å². The number of amides is 1. The van der Waals surface area contributed by atoms with Gasteiger partial charge in [-0.05, 0) is 73.0 Å². The molecule has 1 unspecified atom stereocenters. The van der Waals surface area contributed by atoms with Crippen LogP contribution in [0.15, 0.2) is 71.6 Å². The van der Waals surface area contributed by atoms with Gasteiger partial charge in [0, 0.05) is 12.4 Å². The standard InChI is InChI=1S/C29H26ClF3N2O5S/c1-17-11-24(30)23-14-26(35(3)25(23)12-17)28(37)34-18(2)20-7-9-22(10-8-20)41(38,39)16-27(36)40-15-19-5-4-6-21(13-19)29(31,32)33/h4-14,18H,15-16H2,1-3H3,(H,34,37). The van der Waals surface area contributed by atoms with Gasteiger partial charge < -0.3 is 14.6 Å². The summed E-state index contributed by atoms with van der Waals surface area (Å²) in [7, 11) is -2.32. The van der Waals surface area contributed by atoms with Gasteiger partial charge >= 0.3 is 12.1 Å². The summed E-state index contributed by atoms with van der Waals surface area (Å²) >= 11 is 6.34. The second-order valence-electron chi connectivity index (χ2n) is 9.65. The van der Waals surface area contributed by atoms with Crippen molar-refractivity contribution in [1.82, 2.24) is 9.88 Å². The van der Waals surface area contributed by atoms with Gasteiger partial charge in [-0.3, -0.25) is 9.59 Å². The van der Waals surface area contributed by atoms with Gasteiger partial charge in [-0.25, -0.2) is 8.42 Å². The highest BCUT2D eigenvalue weighted by Crippen LogP contribution is 2.30. The summed E-state index contributed by atoms with van der Waals surface area (Å²) in [4.78, 5) is 25.0. The molecule has 1 aromatic heterocycles. The molecule has 7 nitrogen and oxygen atoms in total. The van der Waals surface area contributed by atoms with Crippen LogP contribution in [-0.4, -0.2) is 30.6 Å². The maximum absolute atomic E-state index is 13.0. The van der Waals surface area contributed by atoms with Gasteiger partial charge in [-0.1, -0.05) is 35.9 Å². The minimum Gasteiger partial charge on any atom is -0.460 e. The highest BCUT2D eigenvalue weighted by molar-refractivity contribution is 7.92. The molecule has 4 aromatic rings. The largest absolute Gasteiger partial charge is 0.460 e. The molecule has 216 valence electrons. The molecule has 3 aromatic carbocycles. The van der Waals surface area contributed by atoms with Gasteiger partial charge in [0.05, 0.1) is 27.0 Å². The number of halogens is 4. The van der Waals surface area contributed by atoms with Gasteiger partial charge in [0.1, 0.15) is 12.3 Å². The van der Waals surface area contributed by atoms with Crippen molar-refractivity contribution in [3.8, 4) is 0 Å². The molecule has 0 saturated heterocycles. The Kier molecular flexibility index (Phi) is 8.51. The fourth-order valence-electron chi connectivity index (χ4n) is 4.34. The third kappa shape index (κ3) is 6.91. The minimum atomic E-state index is -4.56. The average Bonchev–Trinajstić information content (AvgIpc) is 3.23. The second kappa shape index (κ2) is 11.6. The summed E-state index contributed by atoms with van der Waals surface area (Å²) in [6.45, 7) is 3.15. The molecule has 0 spiro atoms. The zero-order valence-corrected chi connectivity index (χ0v) is 23.8. The van der Waals surface area contributed by atoms with E-state index in [1.54, 1.807) is 24.6 Å². The fourth-order valence-corrected chi connectivity index (χ4v) is 5.77. The maximum Gasteiger partial charge on any atom is 0.416 e. The summed E-state index contributed by atoms with van der Waals surface area (Å²) < 4.78 is 70.7. The summed E-state index contributed by atoms with van der Waals surface area (Å²) in [5, 5.41) is 4.18. The Morgan fingerprint density at radius 2 is 1.73 bits per heavy atom. The summed E-state index contributed by atoms with van der Waals surface area (Å²) in [5.41, 5.74) is 1.98. The molecule has 0 saturated carbocycles. The first-order valence-electron chi connectivity index (χ1n) is 12.4. The molecule has 0 bridgehead atoms. The van der Waals surface area contributed by atoms with E-state index < -0.39 is 45.9 Å². The number of aromatic nitrogens is 1. The molecule has 0 radical (unpaired) electrons. The second-order valence-corrected chi connectivity index (χ2v) is 12.0. The number of fused-ring (bicyclic) bond motifs is 1. The molecule has 1 heterocycles. The molecule has 0 aliphatic heterocycles. The third-order valence-electron chi connectivity index (χ3n) is 6.54. The van der Waals surface area contributed by atoms with Gasteiger partial charge in [0.25, 0.3) is 5.91 Å². The molecule has 12 heteroatoms. The lowest BCUT2D eigenvalue weighted by Gasteiger charge is -2.15. The van der Waals surface area contributed by atoms with Crippen LogP contribution in [0.4, 0.5) is 13.2 Å². The Morgan fingerprint density at radius 1 is 1.05 bits per heavy atom. The number of esters is 1. The van der Waals surface area contributed by atoms with Crippen molar-refractivity contribution >= 4 is 44.2 Å². The Bertz CT molecular complexity index is 1730. The van der Waals surface area contributed by atoms with Gasteiger partial charge in [-0.15, -0.1) is 0 Å². The van der Waals surface area contributed by atoms with Crippen molar-refractivity contribution in [3.63, 3.8) is 0 Å². The number of hydrogen-bond donors (Lipinski definition) is 1. The van der Waals surface area contributed by atoms with Crippen LogP contribution >= 0.6 is 11.6 Å². The molecular weight excluding hydrogens is 581 g/mol. The van der Waals surface area contributed by atoms with Gasteiger partial charge in [-0.2, -0.15) is 13.2 Å². The molecule has 0 aliphatic carbocycles.